The van der Waals surface area contributed by atoms with Crippen LogP contribution in [0.15, 0.2) is 54.6 Å². The maximum absolute atomic E-state index is 12.9. The Kier molecular flexibility index (Phi) is 7.06. The number of para-hydroxylation sites is 1. The molecule has 0 radical (unpaired) electrons. The Morgan fingerprint density at radius 2 is 1.57 bits per heavy atom. The molecule has 1 heterocycles. The molecule has 5 nitrogen and oxygen atoms in total. The molecule has 1 fully saturated rings. The van der Waals surface area contributed by atoms with Crippen molar-refractivity contribution in [3.63, 3.8) is 0 Å². The fourth-order valence-corrected chi connectivity index (χ4v) is 3.45. The monoisotopic (exact) mass is 380 g/mol. The van der Waals surface area contributed by atoms with Crippen molar-refractivity contribution in [3.05, 3.63) is 65.7 Å². The minimum atomic E-state index is -0.123. The normalized spacial score (nSPS) is 14.2. The van der Waals surface area contributed by atoms with Gasteiger partial charge in [0.25, 0.3) is 11.8 Å². The van der Waals surface area contributed by atoms with Crippen LogP contribution in [0.4, 0.5) is 0 Å². The molecule has 0 atom stereocenters. The molecule has 3 rings (SSSR count). The van der Waals surface area contributed by atoms with Crippen LogP contribution in [0, 0.1) is 0 Å². The molecule has 1 saturated heterocycles. The summed E-state index contributed by atoms with van der Waals surface area (Å²) in [5.74, 6) is 0.319. The van der Waals surface area contributed by atoms with Crippen LogP contribution >= 0.6 is 0 Å². The van der Waals surface area contributed by atoms with Crippen molar-refractivity contribution in [3.8, 4) is 5.75 Å². The van der Waals surface area contributed by atoms with Crippen molar-refractivity contribution in [2.24, 2.45) is 0 Å². The van der Waals surface area contributed by atoms with Crippen LogP contribution in [-0.4, -0.2) is 48.4 Å². The van der Waals surface area contributed by atoms with Gasteiger partial charge in [-0.25, -0.2) is 0 Å². The zero-order valence-electron chi connectivity index (χ0n) is 16.5. The van der Waals surface area contributed by atoms with Crippen LogP contribution in [0.25, 0.3) is 0 Å². The van der Waals surface area contributed by atoms with E-state index in [2.05, 4.69) is 0 Å². The van der Waals surface area contributed by atoms with Gasteiger partial charge in [-0.1, -0.05) is 55.3 Å². The van der Waals surface area contributed by atoms with Gasteiger partial charge < -0.3 is 14.5 Å². The number of amides is 2. The Morgan fingerprint density at radius 1 is 0.929 bits per heavy atom. The lowest BCUT2D eigenvalue weighted by Gasteiger charge is -2.22. The van der Waals surface area contributed by atoms with Crippen molar-refractivity contribution < 1.29 is 14.3 Å². The van der Waals surface area contributed by atoms with Crippen molar-refractivity contribution in [1.82, 2.24) is 9.80 Å². The molecule has 0 bridgehead atoms. The molecule has 2 aromatic rings. The van der Waals surface area contributed by atoms with Crippen LogP contribution in [0.3, 0.4) is 0 Å². The number of nitrogens with zero attached hydrogens (tertiary/aromatic N) is 2. The van der Waals surface area contributed by atoms with E-state index in [0.717, 1.165) is 31.5 Å². The van der Waals surface area contributed by atoms with E-state index in [1.807, 2.05) is 47.4 Å². The smallest absolute Gasteiger partial charge is 0.260 e. The van der Waals surface area contributed by atoms with E-state index in [0.29, 0.717) is 17.9 Å². The lowest BCUT2D eigenvalue weighted by molar-refractivity contribution is -0.133. The summed E-state index contributed by atoms with van der Waals surface area (Å²) in [4.78, 5) is 28.9. The predicted octanol–water partition coefficient (Wildman–Crippen LogP) is 3.74. The first kappa shape index (κ1) is 19.9. The van der Waals surface area contributed by atoms with Crippen molar-refractivity contribution in [1.29, 1.82) is 0 Å². The van der Waals surface area contributed by atoms with E-state index >= 15 is 0 Å². The number of hydrogen-bond acceptors (Lipinski definition) is 3. The second-order valence-electron chi connectivity index (χ2n) is 7.23. The van der Waals surface area contributed by atoms with Gasteiger partial charge in [-0.2, -0.15) is 0 Å². The third-order valence-electron chi connectivity index (χ3n) is 5.04. The van der Waals surface area contributed by atoms with Gasteiger partial charge >= 0.3 is 0 Å². The second-order valence-corrected chi connectivity index (χ2v) is 7.23. The van der Waals surface area contributed by atoms with Gasteiger partial charge in [0.05, 0.1) is 5.56 Å². The van der Waals surface area contributed by atoms with Gasteiger partial charge in [-0.15, -0.1) is 0 Å². The predicted molar refractivity (Wildman–Crippen MR) is 109 cm³/mol. The van der Waals surface area contributed by atoms with E-state index in [9.17, 15) is 9.59 Å². The molecule has 0 saturated carbocycles. The maximum Gasteiger partial charge on any atom is 0.260 e. The highest BCUT2D eigenvalue weighted by Gasteiger charge is 2.19. The van der Waals surface area contributed by atoms with Gasteiger partial charge in [0.15, 0.2) is 6.61 Å². The standard InChI is InChI=1S/C23H28N2O3/c1-24(17-19-11-5-4-6-12-19)23(27)20-13-7-8-14-21(20)28-18-22(26)25-15-9-2-3-10-16-25/h4-8,11-14H,2-3,9-10,15-18H2,1H3. The molecule has 0 aromatic heterocycles. The molecule has 28 heavy (non-hydrogen) atoms. The molecule has 0 unspecified atom stereocenters. The largest absolute Gasteiger partial charge is 0.483 e. The second kappa shape index (κ2) is 9.93. The Bertz CT molecular complexity index is 783. The minimum absolute atomic E-state index is 0.0122. The molecule has 2 amide bonds. The molecule has 0 aliphatic carbocycles. The van der Waals surface area contributed by atoms with Crippen molar-refractivity contribution in [2.45, 2.75) is 32.2 Å². The van der Waals surface area contributed by atoms with E-state index in [1.165, 1.54) is 12.8 Å². The lowest BCUT2D eigenvalue weighted by Crippen LogP contribution is -2.35. The zero-order chi connectivity index (χ0) is 19.8. The summed E-state index contributed by atoms with van der Waals surface area (Å²) >= 11 is 0. The summed E-state index contributed by atoms with van der Waals surface area (Å²) in [5, 5.41) is 0. The third-order valence-corrected chi connectivity index (χ3v) is 5.04. The van der Waals surface area contributed by atoms with E-state index in [1.54, 1.807) is 24.1 Å². The number of likely N-dealkylation sites (tertiary alicyclic amines) is 1. The summed E-state index contributed by atoms with van der Waals surface area (Å²) < 4.78 is 5.78. The van der Waals surface area contributed by atoms with Gasteiger partial charge in [-0.05, 0) is 30.5 Å². The quantitative estimate of drug-likeness (QED) is 0.767. The van der Waals surface area contributed by atoms with E-state index in [4.69, 9.17) is 4.74 Å². The molecule has 0 spiro atoms. The zero-order valence-corrected chi connectivity index (χ0v) is 16.5. The van der Waals surface area contributed by atoms with Crippen molar-refractivity contribution in [2.75, 3.05) is 26.7 Å². The summed E-state index contributed by atoms with van der Waals surface area (Å²) in [6.45, 7) is 2.07. The van der Waals surface area contributed by atoms with Crippen LogP contribution in [-0.2, 0) is 11.3 Å². The topological polar surface area (TPSA) is 49.9 Å². The Morgan fingerprint density at radius 3 is 2.29 bits per heavy atom. The minimum Gasteiger partial charge on any atom is -0.483 e. The molecule has 1 aliphatic rings. The molecular weight excluding hydrogens is 352 g/mol. The summed E-state index contributed by atoms with van der Waals surface area (Å²) in [6, 6.07) is 17.0. The summed E-state index contributed by atoms with van der Waals surface area (Å²) in [7, 11) is 1.77. The number of carbonyl (C=O) groups excluding carboxylic acids is 2. The molecule has 5 heteroatoms. The highest BCUT2D eigenvalue weighted by atomic mass is 16.5. The summed E-state index contributed by atoms with van der Waals surface area (Å²) in [5.41, 5.74) is 1.54. The van der Waals surface area contributed by atoms with Gasteiger partial charge in [0, 0.05) is 26.7 Å². The molecule has 1 aliphatic heterocycles. The molecule has 2 aromatic carbocycles. The molecule has 148 valence electrons. The number of ether oxygens (including phenoxy) is 1. The van der Waals surface area contributed by atoms with Gasteiger partial charge in [0.2, 0.25) is 0 Å². The average molecular weight is 380 g/mol. The van der Waals surface area contributed by atoms with Crippen LogP contribution in [0.1, 0.15) is 41.6 Å². The van der Waals surface area contributed by atoms with E-state index in [-0.39, 0.29) is 18.4 Å². The third kappa shape index (κ3) is 5.35. The van der Waals surface area contributed by atoms with Crippen LogP contribution in [0.2, 0.25) is 0 Å². The fraction of sp³-hybridized carbons (Fsp3) is 0.391. The SMILES string of the molecule is CN(Cc1ccccc1)C(=O)c1ccccc1OCC(=O)N1CCCCCC1. The van der Waals surface area contributed by atoms with Gasteiger partial charge in [0.1, 0.15) is 5.75 Å². The number of carbonyl (C=O) groups is 2. The fourth-order valence-electron chi connectivity index (χ4n) is 3.45. The Labute approximate surface area is 166 Å². The molecular formula is C23H28N2O3. The maximum atomic E-state index is 12.9. The number of hydrogen-bond donors (Lipinski definition) is 0. The highest BCUT2D eigenvalue weighted by Crippen LogP contribution is 2.21. The molecule has 0 N–H and O–H groups in total. The number of benzene rings is 2. The highest BCUT2D eigenvalue weighted by molar-refractivity contribution is 5.96. The first-order chi connectivity index (χ1) is 13.6. The van der Waals surface area contributed by atoms with Crippen LogP contribution in [0.5, 0.6) is 5.75 Å². The van der Waals surface area contributed by atoms with Crippen molar-refractivity contribution >= 4 is 11.8 Å². The average Bonchev–Trinajstić information content (AvgIpc) is 3.02. The lowest BCUT2D eigenvalue weighted by atomic mass is 10.1. The van der Waals surface area contributed by atoms with Crippen LogP contribution < -0.4 is 4.74 Å². The van der Waals surface area contributed by atoms with Gasteiger partial charge in [-0.3, -0.25) is 9.59 Å². The Hall–Kier alpha value is -2.82. The summed E-state index contributed by atoms with van der Waals surface area (Å²) in [6.07, 6.45) is 4.45. The number of rotatable bonds is 6. The first-order valence-corrected chi connectivity index (χ1v) is 9.94. The first-order valence-electron chi connectivity index (χ1n) is 9.94. The van der Waals surface area contributed by atoms with E-state index < -0.39 is 0 Å². The Balaban J connectivity index is 1.63.